The second-order valence-corrected chi connectivity index (χ2v) is 7.32. The third-order valence-electron chi connectivity index (χ3n) is 5.31. The van der Waals surface area contributed by atoms with Gasteiger partial charge >= 0.3 is 0 Å². The average molecular weight is 316 g/mol. The van der Waals surface area contributed by atoms with Crippen LogP contribution in [-0.2, 0) is 9.47 Å². The van der Waals surface area contributed by atoms with Crippen molar-refractivity contribution in [3.8, 4) is 0 Å². The largest absolute Gasteiger partial charge is 0.383 e. The first-order chi connectivity index (χ1) is 10.9. The molecule has 1 unspecified atom stereocenters. The van der Waals surface area contributed by atoms with Crippen LogP contribution in [0.2, 0.25) is 0 Å². The lowest BCUT2D eigenvalue weighted by atomic mass is 10.1. The Labute approximate surface area is 136 Å². The van der Waals surface area contributed by atoms with Crippen LogP contribution < -0.4 is 10.6 Å². The van der Waals surface area contributed by atoms with Crippen LogP contribution in [0.5, 0.6) is 0 Å². The van der Waals surface area contributed by atoms with E-state index in [2.05, 4.69) is 28.4 Å². The maximum absolute atomic E-state index is 6.22. The first-order valence-corrected chi connectivity index (χ1v) is 8.26. The van der Waals surface area contributed by atoms with Gasteiger partial charge in [0, 0.05) is 23.9 Å². The highest BCUT2D eigenvalue weighted by molar-refractivity contribution is 5.63. The van der Waals surface area contributed by atoms with E-state index >= 15 is 0 Å². The molecular formula is C17H24N4O2. The quantitative estimate of drug-likeness (QED) is 0.842. The molecule has 4 rings (SSSR count). The van der Waals surface area contributed by atoms with Gasteiger partial charge in [0.05, 0.1) is 12.1 Å². The van der Waals surface area contributed by atoms with Crippen LogP contribution in [0.1, 0.15) is 38.7 Å². The Kier molecular flexibility index (Phi) is 3.19. The fourth-order valence-corrected chi connectivity index (χ4v) is 4.39. The van der Waals surface area contributed by atoms with Gasteiger partial charge in [-0.3, -0.25) is 0 Å². The van der Waals surface area contributed by atoms with Crippen LogP contribution in [0.4, 0.5) is 11.6 Å². The van der Waals surface area contributed by atoms with Crippen LogP contribution in [0, 0.1) is 5.92 Å². The molecule has 3 aliphatic rings. The van der Waals surface area contributed by atoms with Crippen LogP contribution in [0.15, 0.2) is 19.0 Å². The van der Waals surface area contributed by atoms with E-state index in [1.807, 2.05) is 19.9 Å². The topological polar surface area (TPSA) is 73.5 Å². The summed E-state index contributed by atoms with van der Waals surface area (Å²) in [5.41, 5.74) is 7.14. The second kappa shape index (κ2) is 4.92. The zero-order chi connectivity index (χ0) is 16.4. The van der Waals surface area contributed by atoms with E-state index in [1.54, 1.807) is 6.33 Å². The summed E-state index contributed by atoms with van der Waals surface area (Å²) in [6.07, 6.45) is 4.60. The highest BCUT2D eigenvalue weighted by atomic mass is 16.8. The van der Waals surface area contributed by atoms with Crippen molar-refractivity contribution in [3.05, 3.63) is 24.5 Å². The van der Waals surface area contributed by atoms with Gasteiger partial charge in [0.25, 0.3) is 0 Å². The van der Waals surface area contributed by atoms with Gasteiger partial charge in [0.15, 0.2) is 5.79 Å². The van der Waals surface area contributed by atoms with E-state index in [9.17, 15) is 0 Å². The van der Waals surface area contributed by atoms with E-state index in [1.165, 1.54) is 0 Å². The molecule has 1 saturated carbocycles. The van der Waals surface area contributed by atoms with E-state index in [0.717, 1.165) is 24.3 Å². The minimum Gasteiger partial charge on any atom is -0.383 e. The standard InChI is InChI=1S/C17H24N4O2/c1-5-10-6-11(14-13(10)22-17(3,4)23-14)21-7-9(2)12-15(18)19-8-20-16(12)21/h5,8-11,13-14H,1,6-7H2,2-4H3,(H2,18,19,20)/t9?,10-,11+,13+,14-/m0/s1. The lowest BCUT2D eigenvalue weighted by Gasteiger charge is -2.31. The number of nitrogens with two attached hydrogens (primary N) is 1. The first kappa shape index (κ1) is 14.9. The van der Waals surface area contributed by atoms with Crippen molar-refractivity contribution in [2.24, 2.45) is 5.92 Å². The van der Waals surface area contributed by atoms with Gasteiger partial charge in [-0.25, -0.2) is 9.97 Å². The number of ether oxygens (including phenoxy) is 2. The third-order valence-corrected chi connectivity index (χ3v) is 5.31. The fraction of sp³-hybridized carbons (Fsp3) is 0.647. The Balaban J connectivity index is 1.70. The molecule has 1 saturated heterocycles. The molecule has 1 aromatic heterocycles. The van der Waals surface area contributed by atoms with Crippen molar-refractivity contribution >= 4 is 11.6 Å². The van der Waals surface area contributed by atoms with E-state index in [-0.39, 0.29) is 18.2 Å². The van der Waals surface area contributed by atoms with Gasteiger partial charge < -0.3 is 20.1 Å². The fourth-order valence-electron chi connectivity index (χ4n) is 4.39. The monoisotopic (exact) mass is 316 g/mol. The molecule has 2 fully saturated rings. The van der Waals surface area contributed by atoms with Crippen molar-refractivity contribution in [1.29, 1.82) is 0 Å². The molecule has 3 heterocycles. The van der Waals surface area contributed by atoms with Crippen LogP contribution in [-0.4, -0.2) is 40.5 Å². The van der Waals surface area contributed by atoms with E-state index in [0.29, 0.717) is 17.7 Å². The van der Waals surface area contributed by atoms with Crippen molar-refractivity contribution in [1.82, 2.24) is 9.97 Å². The number of hydrogen-bond donors (Lipinski definition) is 1. The molecule has 0 bridgehead atoms. The molecule has 5 atom stereocenters. The average Bonchev–Trinajstić information content (AvgIpc) is 3.08. The molecular weight excluding hydrogens is 292 g/mol. The van der Waals surface area contributed by atoms with Crippen molar-refractivity contribution in [3.63, 3.8) is 0 Å². The van der Waals surface area contributed by atoms with Crippen molar-refractivity contribution in [2.45, 2.75) is 57.1 Å². The zero-order valence-electron chi connectivity index (χ0n) is 13.9. The summed E-state index contributed by atoms with van der Waals surface area (Å²) >= 11 is 0. The zero-order valence-corrected chi connectivity index (χ0v) is 13.9. The highest BCUT2D eigenvalue weighted by Crippen LogP contribution is 2.48. The van der Waals surface area contributed by atoms with Crippen molar-refractivity contribution in [2.75, 3.05) is 17.2 Å². The molecule has 2 N–H and O–H groups in total. The molecule has 6 nitrogen and oxygen atoms in total. The van der Waals surface area contributed by atoms with Crippen LogP contribution >= 0.6 is 0 Å². The number of aromatic nitrogens is 2. The summed E-state index contributed by atoms with van der Waals surface area (Å²) < 4.78 is 12.4. The molecule has 0 spiro atoms. The molecule has 1 aliphatic carbocycles. The SMILES string of the molecule is C=C[C@H]1C[C@@H](N2CC(C)c3c(N)ncnc32)[C@@H]2OC(C)(C)O[C@@H]21. The molecule has 0 radical (unpaired) electrons. The number of rotatable bonds is 2. The normalized spacial score (nSPS) is 37.7. The predicted octanol–water partition coefficient (Wildman–Crippen LogP) is 2.08. The molecule has 124 valence electrons. The van der Waals surface area contributed by atoms with E-state index < -0.39 is 5.79 Å². The smallest absolute Gasteiger partial charge is 0.163 e. The van der Waals surface area contributed by atoms with Crippen LogP contribution in [0.25, 0.3) is 0 Å². The molecule has 0 amide bonds. The summed E-state index contributed by atoms with van der Waals surface area (Å²) in [5.74, 6) is 1.61. The van der Waals surface area contributed by atoms with Gasteiger partial charge in [-0.15, -0.1) is 6.58 Å². The number of nitrogen functional groups attached to an aromatic ring is 1. The summed E-state index contributed by atoms with van der Waals surface area (Å²) in [5, 5.41) is 0. The van der Waals surface area contributed by atoms with Gasteiger partial charge in [-0.2, -0.15) is 0 Å². The lowest BCUT2D eigenvalue weighted by Crippen LogP contribution is -2.43. The molecule has 6 heteroatoms. The number of anilines is 2. The maximum Gasteiger partial charge on any atom is 0.163 e. The van der Waals surface area contributed by atoms with Gasteiger partial charge in [0.1, 0.15) is 24.1 Å². The molecule has 23 heavy (non-hydrogen) atoms. The molecule has 1 aromatic rings. The summed E-state index contributed by atoms with van der Waals surface area (Å²) in [6.45, 7) is 11.0. The minimum absolute atomic E-state index is 0.0299. The highest BCUT2D eigenvalue weighted by Gasteiger charge is 2.55. The lowest BCUT2D eigenvalue weighted by molar-refractivity contribution is -0.155. The number of hydrogen-bond acceptors (Lipinski definition) is 6. The third kappa shape index (κ3) is 2.16. The van der Waals surface area contributed by atoms with Crippen LogP contribution in [0.3, 0.4) is 0 Å². The second-order valence-electron chi connectivity index (χ2n) is 7.32. The molecule has 2 aliphatic heterocycles. The maximum atomic E-state index is 6.22. The summed E-state index contributed by atoms with van der Waals surface area (Å²) in [6, 6.07) is 0.225. The summed E-state index contributed by atoms with van der Waals surface area (Å²) in [4.78, 5) is 11.0. The van der Waals surface area contributed by atoms with Gasteiger partial charge in [-0.05, 0) is 20.3 Å². The Bertz CT molecular complexity index is 647. The molecule has 0 aromatic carbocycles. The van der Waals surface area contributed by atoms with E-state index in [4.69, 9.17) is 15.2 Å². The minimum atomic E-state index is -0.547. The Hall–Kier alpha value is -1.66. The Morgan fingerprint density at radius 3 is 2.83 bits per heavy atom. The van der Waals surface area contributed by atoms with Crippen molar-refractivity contribution < 1.29 is 9.47 Å². The van der Waals surface area contributed by atoms with Gasteiger partial charge in [-0.1, -0.05) is 13.0 Å². The number of fused-ring (bicyclic) bond motifs is 2. The first-order valence-electron chi connectivity index (χ1n) is 8.26. The predicted molar refractivity (Wildman–Crippen MR) is 88.1 cm³/mol. The van der Waals surface area contributed by atoms with Gasteiger partial charge in [0.2, 0.25) is 0 Å². The Morgan fingerprint density at radius 2 is 2.09 bits per heavy atom. The summed E-state index contributed by atoms with van der Waals surface area (Å²) in [7, 11) is 0. The number of nitrogens with zero attached hydrogens (tertiary/aromatic N) is 3. The Morgan fingerprint density at radius 1 is 1.35 bits per heavy atom.